The van der Waals surface area contributed by atoms with Crippen molar-refractivity contribution in [2.24, 2.45) is 5.73 Å². The highest BCUT2D eigenvalue weighted by Crippen LogP contribution is 2.46. The van der Waals surface area contributed by atoms with E-state index in [2.05, 4.69) is 0 Å². The predicted octanol–water partition coefficient (Wildman–Crippen LogP) is 1.05. The quantitative estimate of drug-likeness (QED) is 0.858. The van der Waals surface area contributed by atoms with E-state index in [4.69, 9.17) is 10.5 Å². The standard InChI is InChI=1S/C11H15NO3S/c1-15-10-7-8(16(2,13)14)3-4-9(10)11(12)5-6-11/h3-4,7H,5-6,12H2,1-2H3. The number of benzene rings is 1. The van der Waals surface area contributed by atoms with Crippen molar-refractivity contribution in [2.45, 2.75) is 23.3 Å². The van der Waals surface area contributed by atoms with Gasteiger partial charge < -0.3 is 10.5 Å². The van der Waals surface area contributed by atoms with Crippen LogP contribution in [0, 0.1) is 0 Å². The first kappa shape index (κ1) is 11.4. The largest absolute Gasteiger partial charge is 0.496 e. The highest BCUT2D eigenvalue weighted by molar-refractivity contribution is 7.90. The molecule has 0 aliphatic heterocycles. The molecule has 1 fully saturated rings. The third-order valence-corrected chi connectivity index (χ3v) is 4.04. The molecule has 1 aliphatic rings. The van der Waals surface area contributed by atoms with Crippen molar-refractivity contribution in [3.05, 3.63) is 23.8 Å². The molecule has 1 saturated carbocycles. The molecule has 0 atom stereocenters. The third kappa shape index (κ3) is 1.92. The van der Waals surface area contributed by atoms with Crippen molar-refractivity contribution in [1.82, 2.24) is 0 Å². The molecule has 0 unspecified atom stereocenters. The van der Waals surface area contributed by atoms with Gasteiger partial charge in [-0.25, -0.2) is 8.42 Å². The fourth-order valence-electron chi connectivity index (χ4n) is 1.72. The highest BCUT2D eigenvalue weighted by atomic mass is 32.2. The van der Waals surface area contributed by atoms with E-state index in [0.29, 0.717) is 5.75 Å². The zero-order valence-electron chi connectivity index (χ0n) is 9.36. The normalized spacial score (nSPS) is 18.2. The minimum absolute atomic E-state index is 0.261. The molecule has 0 radical (unpaired) electrons. The summed E-state index contributed by atoms with van der Waals surface area (Å²) in [5, 5.41) is 0. The number of ether oxygens (including phenoxy) is 1. The Balaban J connectivity index is 2.52. The molecule has 0 heterocycles. The molecule has 2 rings (SSSR count). The smallest absolute Gasteiger partial charge is 0.175 e. The Bertz CT molecular complexity index is 518. The molecule has 4 nitrogen and oxygen atoms in total. The second-order valence-electron chi connectivity index (χ2n) is 4.29. The Hall–Kier alpha value is -1.07. The average molecular weight is 241 g/mol. The van der Waals surface area contributed by atoms with Gasteiger partial charge in [0.05, 0.1) is 12.0 Å². The van der Waals surface area contributed by atoms with E-state index in [0.717, 1.165) is 18.4 Å². The molecule has 5 heteroatoms. The zero-order valence-corrected chi connectivity index (χ0v) is 10.2. The van der Waals surface area contributed by atoms with Gasteiger partial charge in [-0.2, -0.15) is 0 Å². The lowest BCUT2D eigenvalue weighted by molar-refractivity contribution is 0.403. The van der Waals surface area contributed by atoms with Gasteiger partial charge in [0, 0.05) is 17.4 Å². The van der Waals surface area contributed by atoms with Crippen molar-refractivity contribution >= 4 is 9.84 Å². The summed E-state index contributed by atoms with van der Waals surface area (Å²) in [6.45, 7) is 0. The monoisotopic (exact) mass is 241 g/mol. The minimum atomic E-state index is -3.20. The first-order chi connectivity index (χ1) is 7.37. The lowest BCUT2D eigenvalue weighted by Crippen LogP contribution is -2.19. The van der Waals surface area contributed by atoms with Crippen molar-refractivity contribution in [2.75, 3.05) is 13.4 Å². The number of rotatable bonds is 3. The average Bonchev–Trinajstić information content (AvgIpc) is 2.95. The Morgan fingerprint density at radius 1 is 1.38 bits per heavy atom. The maximum atomic E-state index is 11.4. The van der Waals surface area contributed by atoms with Gasteiger partial charge in [-0.05, 0) is 25.0 Å². The van der Waals surface area contributed by atoms with Gasteiger partial charge in [0.25, 0.3) is 0 Å². The van der Waals surface area contributed by atoms with E-state index in [1.165, 1.54) is 19.4 Å². The first-order valence-electron chi connectivity index (χ1n) is 5.04. The topological polar surface area (TPSA) is 69.4 Å². The fourth-order valence-corrected chi connectivity index (χ4v) is 2.35. The molecule has 16 heavy (non-hydrogen) atoms. The Morgan fingerprint density at radius 3 is 2.44 bits per heavy atom. The molecule has 0 spiro atoms. The summed E-state index contributed by atoms with van der Waals surface area (Å²) in [7, 11) is -1.67. The van der Waals surface area contributed by atoms with Gasteiger partial charge in [0.2, 0.25) is 0 Å². The second kappa shape index (κ2) is 3.46. The van der Waals surface area contributed by atoms with Crippen LogP contribution in [0.15, 0.2) is 23.1 Å². The zero-order chi connectivity index (χ0) is 12.0. The molecule has 88 valence electrons. The predicted molar refractivity (Wildman–Crippen MR) is 61.2 cm³/mol. The van der Waals surface area contributed by atoms with Gasteiger partial charge in [0.15, 0.2) is 9.84 Å². The lowest BCUT2D eigenvalue weighted by atomic mass is 10.0. The van der Waals surface area contributed by atoms with Crippen molar-refractivity contribution < 1.29 is 13.2 Å². The maximum Gasteiger partial charge on any atom is 0.175 e. The van der Waals surface area contributed by atoms with E-state index in [1.54, 1.807) is 12.1 Å². The number of hydrogen-bond donors (Lipinski definition) is 1. The van der Waals surface area contributed by atoms with Crippen LogP contribution in [0.25, 0.3) is 0 Å². The molecule has 0 aromatic heterocycles. The van der Waals surface area contributed by atoms with Crippen molar-refractivity contribution in [1.29, 1.82) is 0 Å². The van der Waals surface area contributed by atoms with Gasteiger partial charge in [-0.1, -0.05) is 6.07 Å². The Labute approximate surface area is 95.3 Å². The SMILES string of the molecule is COc1cc(S(C)(=O)=O)ccc1C1(N)CC1. The van der Waals surface area contributed by atoms with Crippen LogP contribution in [0.3, 0.4) is 0 Å². The van der Waals surface area contributed by atoms with E-state index in [1.807, 2.05) is 0 Å². The summed E-state index contributed by atoms with van der Waals surface area (Å²) in [5.74, 6) is 0.558. The number of methoxy groups -OCH3 is 1. The Kier molecular flexibility index (Phi) is 2.47. The van der Waals surface area contributed by atoms with Crippen LogP contribution in [-0.2, 0) is 15.4 Å². The van der Waals surface area contributed by atoms with E-state index in [9.17, 15) is 8.42 Å². The molecule has 0 amide bonds. The van der Waals surface area contributed by atoms with E-state index < -0.39 is 9.84 Å². The molecule has 1 aromatic rings. The number of hydrogen-bond acceptors (Lipinski definition) is 4. The summed E-state index contributed by atoms with van der Waals surface area (Å²) in [5.41, 5.74) is 6.65. The van der Waals surface area contributed by atoms with Crippen LogP contribution >= 0.6 is 0 Å². The summed E-state index contributed by atoms with van der Waals surface area (Å²) in [4.78, 5) is 0.261. The van der Waals surface area contributed by atoms with Gasteiger partial charge in [0.1, 0.15) is 5.75 Å². The van der Waals surface area contributed by atoms with Crippen molar-refractivity contribution in [3.63, 3.8) is 0 Å². The highest BCUT2D eigenvalue weighted by Gasteiger charge is 2.42. The number of sulfone groups is 1. The van der Waals surface area contributed by atoms with Crippen molar-refractivity contribution in [3.8, 4) is 5.75 Å². The fraction of sp³-hybridized carbons (Fsp3) is 0.455. The minimum Gasteiger partial charge on any atom is -0.496 e. The molecule has 0 saturated heterocycles. The Morgan fingerprint density at radius 2 is 2.00 bits per heavy atom. The third-order valence-electron chi connectivity index (χ3n) is 2.93. The van der Waals surface area contributed by atoms with E-state index >= 15 is 0 Å². The molecule has 1 aliphatic carbocycles. The molecule has 1 aromatic carbocycles. The molecular formula is C11H15NO3S. The molecular weight excluding hydrogens is 226 g/mol. The van der Waals surface area contributed by atoms with Crippen LogP contribution in [0.5, 0.6) is 5.75 Å². The summed E-state index contributed by atoms with van der Waals surface area (Å²) >= 11 is 0. The van der Waals surface area contributed by atoms with Gasteiger partial charge >= 0.3 is 0 Å². The summed E-state index contributed by atoms with van der Waals surface area (Å²) in [6, 6.07) is 4.87. The van der Waals surface area contributed by atoms with Crippen LogP contribution in [-0.4, -0.2) is 21.8 Å². The van der Waals surface area contributed by atoms with Crippen LogP contribution < -0.4 is 10.5 Å². The number of nitrogens with two attached hydrogens (primary N) is 1. The lowest BCUT2D eigenvalue weighted by Gasteiger charge is -2.14. The van der Waals surface area contributed by atoms with Gasteiger partial charge in [-0.3, -0.25) is 0 Å². The maximum absolute atomic E-state index is 11.4. The van der Waals surface area contributed by atoms with Crippen LogP contribution in [0.2, 0.25) is 0 Å². The molecule has 0 bridgehead atoms. The summed E-state index contributed by atoms with van der Waals surface area (Å²) in [6.07, 6.45) is 3.01. The van der Waals surface area contributed by atoms with Crippen LogP contribution in [0.1, 0.15) is 18.4 Å². The second-order valence-corrected chi connectivity index (χ2v) is 6.31. The first-order valence-corrected chi connectivity index (χ1v) is 6.93. The van der Waals surface area contributed by atoms with Crippen LogP contribution in [0.4, 0.5) is 0 Å². The van der Waals surface area contributed by atoms with E-state index in [-0.39, 0.29) is 10.4 Å². The van der Waals surface area contributed by atoms with Gasteiger partial charge in [-0.15, -0.1) is 0 Å². The summed E-state index contributed by atoms with van der Waals surface area (Å²) < 4.78 is 28.0. The molecule has 2 N–H and O–H groups in total.